The van der Waals surface area contributed by atoms with Gasteiger partial charge in [0.2, 0.25) is 0 Å². The number of aliphatic hydroxyl groups excluding tert-OH is 1. The minimum absolute atomic E-state index is 0.0533. The van der Waals surface area contributed by atoms with Crippen molar-refractivity contribution >= 4 is 11.7 Å². The van der Waals surface area contributed by atoms with E-state index in [4.69, 9.17) is 5.73 Å². The lowest BCUT2D eigenvalue weighted by molar-refractivity contribution is 0.1000. The summed E-state index contributed by atoms with van der Waals surface area (Å²) in [7, 11) is 0. The highest BCUT2D eigenvalue weighted by atomic mass is 16.3. The molecule has 0 aliphatic heterocycles. The van der Waals surface area contributed by atoms with Gasteiger partial charge < -0.3 is 16.2 Å². The molecule has 0 bridgehead atoms. The summed E-state index contributed by atoms with van der Waals surface area (Å²) in [5.74, 6) is -0.117. The van der Waals surface area contributed by atoms with Gasteiger partial charge >= 0.3 is 0 Å². The molecule has 1 atom stereocenters. The SMILES string of the molecule is CC(C)(C)CC(O)CNc1ncccc1C(N)=O. The van der Waals surface area contributed by atoms with E-state index in [-0.39, 0.29) is 5.41 Å². The van der Waals surface area contributed by atoms with Crippen LogP contribution in [0.1, 0.15) is 37.6 Å². The third-order valence-corrected chi connectivity index (χ3v) is 2.43. The monoisotopic (exact) mass is 251 g/mol. The zero-order chi connectivity index (χ0) is 13.8. The first kappa shape index (κ1) is 14.4. The Kier molecular flexibility index (Phi) is 4.67. The molecule has 1 amide bonds. The van der Waals surface area contributed by atoms with Crippen molar-refractivity contribution in [3.8, 4) is 0 Å². The van der Waals surface area contributed by atoms with Crippen molar-refractivity contribution in [1.82, 2.24) is 4.98 Å². The third kappa shape index (κ3) is 4.71. The molecule has 1 aromatic rings. The lowest BCUT2D eigenvalue weighted by Gasteiger charge is -2.22. The van der Waals surface area contributed by atoms with Gasteiger partial charge in [-0.05, 0) is 24.0 Å². The van der Waals surface area contributed by atoms with Gasteiger partial charge in [0.1, 0.15) is 5.82 Å². The van der Waals surface area contributed by atoms with Crippen LogP contribution >= 0.6 is 0 Å². The normalized spacial score (nSPS) is 13.1. The number of aromatic nitrogens is 1. The van der Waals surface area contributed by atoms with Gasteiger partial charge in [-0.15, -0.1) is 0 Å². The molecule has 1 heterocycles. The zero-order valence-corrected chi connectivity index (χ0v) is 11.1. The van der Waals surface area contributed by atoms with Crippen LogP contribution in [-0.2, 0) is 0 Å². The van der Waals surface area contributed by atoms with E-state index in [2.05, 4.69) is 31.1 Å². The molecular weight excluding hydrogens is 230 g/mol. The number of rotatable bonds is 5. The summed E-state index contributed by atoms with van der Waals surface area (Å²) in [5.41, 5.74) is 5.63. The number of anilines is 1. The summed E-state index contributed by atoms with van der Waals surface area (Å²) in [5, 5.41) is 12.8. The van der Waals surface area contributed by atoms with Crippen LogP contribution in [-0.4, -0.2) is 28.6 Å². The van der Waals surface area contributed by atoms with Gasteiger partial charge in [0, 0.05) is 12.7 Å². The predicted octanol–water partition coefficient (Wildman–Crippen LogP) is 1.39. The second kappa shape index (κ2) is 5.82. The average Bonchev–Trinajstić information content (AvgIpc) is 2.24. The van der Waals surface area contributed by atoms with E-state index in [1.54, 1.807) is 18.3 Å². The van der Waals surface area contributed by atoms with E-state index in [1.807, 2.05) is 0 Å². The Hall–Kier alpha value is -1.62. The molecule has 1 rings (SSSR count). The van der Waals surface area contributed by atoms with Crippen LogP contribution < -0.4 is 11.1 Å². The van der Waals surface area contributed by atoms with E-state index in [0.29, 0.717) is 24.3 Å². The third-order valence-electron chi connectivity index (χ3n) is 2.43. The number of aliphatic hydroxyl groups is 1. The predicted molar refractivity (Wildman–Crippen MR) is 71.3 cm³/mol. The van der Waals surface area contributed by atoms with Crippen molar-refractivity contribution in [3.63, 3.8) is 0 Å². The fourth-order valence-corrected chi connectivity index (χ4v) is 1.74. The number of nitrogens with one attached hydrogen (secondary N) is 1. The molecule has 0 radical (unpaired) electrons. The minimum atomic E-state index is -0.532. The Morgan fingerprint density at radius 3 is 2.78 bits per heavy atom. The summed E-state index contributed by atoms with van der Waals surface area (Å²) < 4.78 is 0. The molecule has 0 saturated heterocycles. The number of pyridine rings is 1. The molecule has 0 fully saturated rings. The van der Waals surface area contributed by atoms with Crippen molar-refractivity contribution in [1.29, 1.82) is 0 Å². The molecule has 4 N–H and O–H groups in total. The van der Waals surface area contributed by atoms with Crippen LogP contribution in [0.15, 0.2) is 18.3 Å². The van der Waals surface area contributed by atoms with E-state index >= 15 is 0 Å². The molecular formula is C13H21N3O2. The number of primary amides is 1. The van der Waals surface area contributed by atoms with Gasteiger partial charge in [-0.1, -0.05) is 20.8 Å². The molecule has 0 aliphatic carbocycles. The van der Waals surface area contributed by atoms with Crippen molar-refractivity contribution < 1.29 is 9.90 Å². The number of hydrogen-bond acceptors (Lipinski definition) is 4. The molecule has 100 valence electrons. The first-order chi connectivity index (χ1) is 8.29. The van der Waals surface area contributed by atoms with E-state index in [9.17, 15) is 9.90 Å². The standard InChI is InChI=1S/C13H21N3O2/c1-13(2,3)7-9(17)8-16-12-10(11(14)18)5-4-6-15-12/h4-6,9,17H,7-8H2,1-3H3,(H2,14,18)(H,15,16). The molecule has 5 heteroatoms. The van der Waals surface area contributed by atoms with Crippen molar-refractivity contribution in [2.24, 2.45) is 11.1 Å². The summed E-state index contributed by atoms with van der Waals surface area (Å²) in [4.78, 5) is 15.2. The Labute approximate surface area is 107 Å². The molecule has 1 aromatic heterocycles. The van der Waals surface area contributed by atoms with Crippen molar-refractivity contribution in [2.45, 2.75) is 33.3 Å². The van der Waals surface area contributed by atoms with Crippen LogP contribution in [0.4, 0.5) is 5.82 Å². The molecule has 0 spiro atoms. The second-order valence-electron chi connectivity index (χ2n) is 5.56. The number of hydrogen-bond donors (Lipinski definition) is 3. The fraction of sp³-hybridized carbons (Fsp3) is 0.538. The highest BCUT2D eigenvalue weighted by Crippen LogP contribution is 2.21. The quantitative estimate of drug-likeness (QED) is 0.738. The van der Waals surface area contributed by atoms with Gasteiger partial charge in [0.25, 0.3) is 5.91 Å². The smallest absolute Gasteiger partial charge is 0.252 e. The van der Waals surface area contributed by atoms with Gasteiger partial charge in [-0.3, -0.25) is 4.79 Å². The summed E-state index contributed by atoms with van der Waals surface area (Å²) in [6, 6.07) is 3.25. The minimum Gasteiger partial charge on any atom is -0.391 e. The number of nitrogens with zero attached hydrogens (tertiary/aromatic N) is 1. The van der Waals surface area contributed by atoms with Gasteiger partial charge in [-0.2, -0.15) is 0 Å². The second-order valence-corrected chi connectivity index (χ2v) is 5.56. The summed E-state index contributed by atoms with van der Waals surface area (Å²) in [6.07, 6.45) is 1.75. The Morgan fingerprint density at radius 1 is 1.56 bits per heavy atom. The molecule has 5 nitrogen and oxygen atoms in total. The van der Waals surface area contributed by atoms with Crippen molar-refractivity contribution in [2.75, 3.05) is 11.9 Å². The first-order valence-corrected chi connectivity index (χ1v) is 5.96. The van der Waals surface area contributed by atoms with Crippen LogP contribution in [0.2, 0.25) is 0 Å². The lowest BCUT2D eigenvalue weighted by Crippen LogP contribution is -2.26. The highest BCUT2D eigenvalue weighted by molar-refractivity contribution is 5.97. The molecule has 0 saturated carbocycles. The maximum absolute atomic E-state index is 11.2. The Bertz CT molecular complexity index is 413. The maximum Gasteiger partial charge on any atom is 0.252 e. The van der Waals surface area contributed by atoms with Crippen LogP contribution in [0.3, 0.4) is 0 Å². The Balaban J connectivity index is 2.61. The van der Waals surface area contributed by atoms with Crippen LogP contribution in [0.5, 0.6) is 0 Å². The number of nitrogens with two attached hydrogens (primary N) is 1. The van der Waals surface area contributed by atoms with E-state index in [1.165, 1.54) is 0 Å². The van der Waals surface area contributed by atoms with E-state index < -0.39 is 12.0 Å². The number of amides is 1. The van der Waals surface area contributed by atoms with Gasteiger partial charge in [0.15, 0.2) is 0 Å². The van der Waals surface area contributed by atoms with Gasteiger partial charge in [0.05, 0.1) is 11.7 Å². The topological polar surface area (TPSA) is 88.2 Å². The van der Waals surface area contributed by atoms with Crippen LogP contribution in [0, 0.1) is 5.41 Å². The summed E-state index contributed by atoms with van der Waals surface area (Å²) in [6.45, 7) is 6.53. The lowest BCUT2D eigenvalue weighted by atomic mass is 9.89. The molecule has 18 heavy (non-hydrogen) atoms. The molecule has 0 aromatic carbocycles. The van der Waals surface area contributed by atoms with Crippen LogP contribution in [0.25, 0.3) is 0 Å². The average molecular weight is 251 g/mol. The van der Waals surface area contributed by atoms with E-state index in [0.717, 1.165) is 0 Å². The Morgan fingerprint density at radius 2 is 2.22 bits per heavy atom. The fourth-order valence-electron chi connectivity index (χ4n) is 1.74. The van der Waals surface area contributed by atoms with Crippen molar-refractivity contribution in [3.05, 3.63) is 23.9 Å². The number of carbonyl (C=O) groups is 1. The summed E-state index contributed by atoms with van der Waals surface area (Å²) >= 11 is 0. The largest absolute Gasteiger partial charge is 0.391 e. The molecule has 0 aliphatic rings. The highest BCUT2D eigenvalue weighted by Gasteiger charge is 2.17. The zero-order valence-electron chi connectivity index (χ0n) is 11.1. The molecule has 1 unspecified atom stereocenters. The maximum atomic E-state index is 11.2. The first-order valence-electron chi connectivity index (χ1n) is 5.96. The number of carbonyl (C=O) groups excluding carboxylic acids is 1. The van der Waals surface area contributed by atoms with Gasteiger partial charge in [-0.25, -0.2) is 4.98 Å².